The fraction of sp³-hybridized carbons (Fsp3) is 0.286. The Bertz CT molecular complexity index is 280. The molecule has 1 atom stereocenters. The Morgan fingerprint density at radius 2 is 1.94 bits per heavy atom. The van der Waals surface area contributed by atoms with E-state index >= 15 is 0 Å². The Labute approximate surface area is 118 Å². The van der Waals surface area contributed by atoms with Crippen molar-refractivity contribution in [2.24, 2.45) is 5.73 Å². The second-order valence-electron chi connectivity index (χ2n) is 2.15. The number of carboxylic acids is 1. The molecule has 0 saturated carbocycles. The van der Waals surface area contributed by atoms with Crippen molar-refractivity contribution in [2.75, 3.05) is 0 Å². The second-order valence-corrected chi connectivity index (χ2v) is 2.15. The number of imidazole rings is 1. The van der Waals surface area contributed by atoms with Crippen LogP contribution in [0.1, 0.15) is 5.69 Å². The van der Waals surface area contributed by atoms with E-state index in [4.69, 9.17) is 15.5 Å². The number of hydrogen-bond acceptors (Lipinski definition) is 3. The number of aromatic amines is 1. The average molecular weight is 347 g/mol. The number of aromatic nitrogens is 2. The number of nitrogens with zero attached hydrogens (tertiary/aromatic N) is 1. The third-order valence-corrected chi connectivity index (χ3v) is 1.25. The maximum atomic E-state index is 10.3. The SMILES string of the molecule is NC(Cc1c[nH][c-]n1)C(=O)O.[C-]#[O+].[NH2-].[NH2-].[NH2-].[NH2-].[Ru+5]. The van der Waals surface area contributed by atoms with Gasteiger partial charge in [-0.25, -0.2) is 0 Å². The van der Waals surface area contributed by atoms with E-state index in [9.17, 15) is 4.79 Å². The van der Waals surface area contributed by atoms with E-state index in [1.165, 1.54) is 0 Å². The number of H-pyrrole nitrogens is 1. The molecule has 0 bridgehead atoms. The molecule has 18 heavy (non-hydrogen) atoms. The summed E-state index contributed by atoms with van der Waals surface area (Å²) in [4.78, 5) is 16.6. The summed E-state index contributed by atoms with van der Waals surface area (Å²) in [5.41, 5.74) is 5.85. The third-order valence-electron chi connectivity index (χ3n) is 1.25. The van der Waals surface area contributed by atoms with Crippen LogP contribution in [0.4, 0.5) is 0 Å². The molecular weight excluding hydrogens is 331 g/mol. The standard InChI is InChI=1S/C6H8N3O2.CO.4H2N.Ru/c7-5(6(10)11)1-4-2-8-3-9-4;1-2;;;;;/h2,5H,1,7H2,(H,8,9)(H,10,11);;4*1H2;/q-1;;4*-1;+5. The van der Waals surface area contributed by atoms with Crippen LogP contribution in [0, 0.1) is 13.0 Å². The molecule has 1 heterocycles. The molecule has 0 amide bonds. The number of nitrogens with one attached hydrogen (secondary N) is 1. The zero-order valence-corrected chi connectivity index (χ0v) is 11.1. The fourth-order valence-corrected chi connectivity index (χ4v) is 0.669. The summed E-state index contributed by atoms with van der Waals surface area (Å²) >= 11 is 0. The molecule has 1 rings (SSSR count). The summed E-state index contributed by atoms with van der Waals surface area (Å²) in [5, 5.41) is 8.41. The predicted molar refractivity (Wildman–Crippen MR) is 61.8 cm³/mol. The number of hydrogen-bond donors (Lipinski definition) is 3. The van der Waals surface area contributed by atoms with Gasteiger partial charge in [-0.2, -0.15) is 0 Å². The minimum atomic E-state index is -1.02. The first-order chi connectivity index (χ1) is 6.20. The van der Waals surface area contributed by atoms with E-state index < -0.39 is 12.0 Å². The van der Waals surface area contributed by atoms with E-state index in [-0.39, 0.29) is 50.5 Å². The van der Waals surface area contributed by atoms with E-state index in [0.717, 1.165) is 0 Å². The molecule has 0 fully saturated rings. The van der Waals surface area contributed by atoms with Gasteiger partial charge in [-0.1, -0.05) is 5.69 Å². The number of rotatable bonds is 3. The van der Waals surface area contributed by atoms with Gasteiger partial charge in [0, 0.05) is 0 Å². The summed E-state index contributed by atoms with van der Waals surface area (Å²) in [6.45, 7) is 4.50. The average Bonchev–Trinajstić information content (AvgIpc) is 2.60. The van der Waals surface area contributed by atoms with Gasteiger partial charge in [0.2, 0.25) is 0 Å². The molecule has 0 aliphatic carbocycles. The van der Waals surface area contributed by atoms with E-state index in [2.05, 4.69) is 22.9 Å². The van der Waals surface area contributed by atoms with Crippen LogP contribution in [0.2, 0.25) is 0 Å². The zero-order chi connectivity index (χ0) is 10.3. The fourth-order valence-electron chi connectivity index (χ4n) is 0.669. The Morgan fingerprint density at radius 3 is 2.22 bits per heavy atom. The first-order valence-electron chi connectivity index (χ1n) is 3.29. The Kier molecular flexibility index (Phi) is 42.3. The van der Waals surface area contributed by atoms with Crippen LogP contribution in [0.5, 0.6) is 0 Å². The van der Waals surface area contributed by atoms with Gasteiger partial charge in [0.05, 0.1) is 6.04 Å². The molecule has 12 N–H and O–H groups in total. The maximum absolute atomic E-state index is 10.3. The third kappa shape index (κ3) is 14.8. The minimum Gasteiger partial charge on any atom is -0.693 e. The van der Waals surface area contributed by atoms with E-state index in [1.54, 1.807) is 6.20 Å². The molecule has 1 aromatic heterocycles. The first-order valence-corrected chi connectivity index (χ1v) is 3.29. The van der Waals surface area contributed by atoms with Crippen LogP contribution in [0.25, 0.3) is 24.6 Å². The molecular formula is C7H16N7O3Ru. The molecule has 0 aromatic carbocycles. The van der Waals surface area contributed by atoms with Crippen molar-refractivity contribution in [3.8, 4) is 0 Å². The summed E-state index contributed by atoms with van der Waals surface area (Å²) < 4.78 is 7.50. The van der Waals surface area contributed by atoms with Gasteiger partial charge in [-0.15, -0.1) is 6.20 Å². The van der Waals surface area contributed by atoms with Crippen LogP contribution in [0.15, 0.2) is 6.20 Å². The molecule has 0 aliphatic rings. The smallest absolute Gasteiger partial charge is 0.693 e. The van der Waals surface area contributed by atoms with Crippen molar-refractivity contribution >= 4 is 5.97 Å². The molecule has 11 heteroatoms. The van der Waals surface area contributed by atoms with Crippen molar-refractivity contribution in [2.45, 2.75) is 12.5 Å². The van der Waals surface area contributed by atoms with Crippen LogP contribution >= 0.6 is 0 Å². The van der Waals surface area contributed by atoms with Crippen molar-refractivity contribution in [3.63, 3.8) is 0 Å². The van der Waals surface area contributed by atoms with Gasteiger partial charge in [-0.3, -0.25) is 4.79 Å². The van der Waals surface area contributed by atoms with E-state index in [0.29, 0.717) is 5.69 Å². The largest absolute Gasteiger partial charge is 5.00 e. The van der Waals surface area contributed by atoms with Gasteiger partial charge < -0.3 is 45.4 Å². The Balaban J connectivity index is -0.0000000490. The van der Waals surface area contributed by atoms with Gasteiger partial charge in [0.15, 0.2) is 0 Å². The quantitative estimate of drug-likeness (QED) is 0.421. The number of carboxylic acid groups (broad SMARTS) is 1. The first kappa shape index (κ1) is 36.0. The molecule has 105 valence electrons. The molecule has 10 nitrogen and oxygen atoms in total. The summed E-state index contributed by atoms with van der Waals surface area (Å²) in [6.07, 6.45) is 4.25. The van der Waals surface area contributed by atoms with Crippen molar-refractivity contribution in [3.05, 3.63) is 49.5 Å². The summed E-state index contributed by atoms with van der Waals surface area (Å²) in [5.74, 6) is -1.02. The predicted octanol–water partition coefficient (Wildman–Crippen LogP) is 1.99. The van der Waals surface area contributed by atoms with Gasteiger partial charge in [-0.05, 0) is 12.7 Å². The molecule has 1 unspecified atom stereocenters. The topological polar surface area (TPSA) is 246 Å². The van der Waals surface area contributed by atoms with Crippen LogP contribution < -0.4 is 5.73 Å². The molecule has 0 spiro atoms. The maximum Gasteiger partial charge on any atom is 5.00 e. The van der Waals surface area contributed by atoms with Gasteiger partial charge in [0.1, 0.15) is 0 Å². The number of nitrogens with two attached hydrogens (primary N) is 5. The second kappa shape index (κ2) is 21.2. The number of carbonyl (C=O) groups is 1. The molecule has 0 aliphatic heterocycles. The van der Waals surface area contributed by atoms with Crippen molar-refractivity contribution in [1.29, 1.82) is 0 Å². The van der Waals surface area contributed by atoms with Crippen molar-refractivity contribution < 1.29 is 34.0 Å². The normalized spacial score (nSPS) is 7.94. The van der Waals surface area contributed by atoms with Crippen LogP contribution in [-0.2, 0) is 35.3 Å². The molecule has 1 aromatic rings. The zero-order valence-electron chi connectivity index (χ0n) is 9.31. The van der Waals surface area contributed by atoms with Gasteiger partial charge in [0.25, 0.3) is 0 Å². The Hall–Kier alpha value is -1.16. The van der Waals surface area contributed by atoms with Crippen LogP contribution in [0.3, 0.4) is 0 Å². The van der Waals surface area contributed by atoms with Crippen molar-refractivity contribution in [1.82, 2.24) is 9.97 Å². The Morgan fingerprint density at radius 1 is 1.50 bits per heavy atom. The summed E-state index contributed by atoms with van der Waals surface area (Å²) in [7, 11) is 0. The molecule has 0 saturated heterocycles. The monoisotopic (exact) mass is 348 g/mol. The van der Waals surface area contributed by atoms with E-state index in [1.807, 2.05) is 0 Å². The van der Waals surface area contributed by atoms with Crippen LogP contribution in [-0.4, -0.2) is 27.1 Å². The molecule has 1 radical (unpaired) electrons. The summed E-state index contributed by atoms with van der Waals surface area (Å²) in [6, 6.07) is -0.883. The number of aliphatic carboxylic acids is 1. The van der Waals surface area contributed by atoms with Gasteiger partial charge >= 0.3 is 36.7 Å². The minimum absolute atomic E-state index is 0.